The van der Waals surface area contributed by atoms with Crippen LogP contribution >= 0.6 is 0 Å². The molecule has 1 aliphatic carbocycles. The second-order valence-corrected chi connectivity index (χ2v) is 7.14. The fraction of sp³-hybridized carbons (Fsp3) is 0.619. The minimum absolute atomic E-state index is 0.0499. The fourth-order valence-electron chi connectivity index (χ4n) is 3.53. The first-order valence-electron chi connectivity index (χ1n) is 10.2. The van der Waals surface area contributed by atoms with Crippen molar-refractivity contribution in [2.45, 2.75) is 45.1 Å². The predicted molar refractivity (Wildman–Crippen MR) is 112 cm³/mol. The number of nitrogens with zero attached hydrogens (tertiary/aromatic N) is 2. The van der Waals surface area contributed by atoms with E-state index in [2.05, 4.69) is 40.9 Å². The summed E-state index contributed by atoms with van der Waals surface area (Å²) in [5, 5.41) is 9.37. The van der Waals surface area contributed by atoms with Crippen LogP contribution in [-0.2, 0) is 6.42 Å². The van der Waals surface area contributed by atoms with Gasteiger partial charge in [0.1, 0.15) is 0 Å². The molecular formula is C21H35N5O. The van der Waals surface area contributed by atoms with Crippen molar-refractivity contribution in [3.63, 3.8) is 0 Å². The Kier molecular flexibility index (Phi) is 9.11. The van der Waals surface area contributed by atoms with E-state index in [1.165, 1.54) is 25.7 Å². The molecule has 0 unspecified atom stereocenters. The van der Waals surface area contributed by atoms with Crippen LogP contribution in [0.15, 0.2) is 29.3 Å². The van der Waals surface area contributed by atoms with E-state index in [4.69, 9.17) is 4.99 Å². The third-order valence-corrected chi connectivity index (χ3v) is 5.14. The van der Waals surface area contributed by atoms with E-state index >= 15 is 0 Å². The van der Waals surface area contributed by atoms with Gasteiger partial charge in [-0.2, -0.15) is 0 Å². The molecular weight excluding hydrogens is 338 g/mol. The molecule has 0 heterocycles. The van der Waals surface area contributed by atoms with Gasteiger partial charge in [0.05, 0.1) is 6.54 Å². The number of likely N-dealkylation sites (N-methyl/N-ethyl adjacent to an activating group) is 1. The van der Waals surface area contributed by atoms with Crippen LogP contribution in [0.1, 0.15) is 48.5 Å². The maximum atomic E-state index is 11.7. The number of carbonyl (C=O) groups is 1. The third-order valence-electron chi connectivity index (χ3n) is 5.14. The van der Waals surface area contributed by atoms with Crippen molar-refractivity contribution in [2.24, 2.45) is 4.99 Å². The van der Waals surface area contributed by atoms with Gasteiger partial charge in [-0.1, -0.05) is 25.0 Å². The highest BCUT2D eigenvalue weighted by atomic mass is 16.1. The number of rotatable bonds is 9. The lowest BCUT2D eigenvalue weighted by Crippen LogP contribution is -2.39. The number of amides is 1. The molecule has 0 atom stereocenters. The molecule has 0 spiro atoms. The van der Waals surface area contributed by atoms with Gasteiger partial charge in [0, 0.05) is 38.3 Å². The van der Waals surface area contributed by atoms with Crippen molar-refractivity contribution in [2.75, 3.05) is 40.3 Å². The van der Waals surface area contributed by atoms with E-state index < -0.39 is 0 Å². The molecule has 6 heteroatoms. The first-order chi connectivity index (χ1) is 13.1. The minimum Gasteiger partial charge on any atom is -0.357 e. The molecule has 1 aromatic carbocycles. The van der Waals surface area contributed by atoms with Crippen LogP contribution in [0.3, 0.4) is 0 Å². The summed E-state index contributed by atoms with van der Waals surface area (Å²) in [5.74, 6) is 0.811. The number of guanidine groups is 1. The van der Waals surface area contributed by atoms with Gasteiger partial charge in [-0.25, -0.2) is 0 Å². The van der Waals surface area contributed by atoms with E-state index in [1.54, 1.807) is 7.05 Å². The summed E-state index contributed by atoms with van der Waals surface area (Å²) in [6, 6.07) is 8.50. The molecule has 3 N–H and O–H groups in total. The number of carbonyl (C=O) groups excluding carboxylic acids is 1. The molecule has 27 heavy (non-hydrogen) atoms. The average Bonchev–Trinajstić information content (AvgIpc) is 3.22. The Hall–Kier alpha value is -2.08. The van der Waals surface area contributed by atoms with Crippen molar-refractivity contribution in [1.82, 2.24) is 20.9 Å². The summed E-state index contributed by atoms with van der Waals surface area (Å²) >= 11 is 0. The van der Waals surface area contributed by atoms with Crippen LogP contribution in [-0.4, -0.2) is 63.1 Å². The Morgan fingerprint density at radius 1 is 1.26 bits per heavy atom. The van der Waals surface area contributed by atoms with Crippen LogP contribution in [0.4, 0.5) is 0 Å². The summed E-state index contributed by atoms with van der Waals surface area (Å²) in [7, 11) is 3.87. The second kappa shape index (κ2) is 11.6. The minimum atomic E-state index is -0.0499. The zero-order chi connectivity index (χ0) is 19.5. The van der Waals surface area contributed by atoms with Gasteiger partial charge in [0.2, 0.25) is 0 Å². The Bertz CT molecular complexity index is 610. The molecule has 0 bridgehead atoms. The standard InChI is InChI=1S/C21H35N5O/c1-4-23-21(25-14-15-26(3)19-10-5-6-11-19)24-13-12-17-8-7-9-18(16-17)20(27)22-2/h7-9,16,19H,4-6,10-15H2,1-3H3,(H,22,27)(H2,23,24,25). The summed E-state index contributed by atoms with van der Waals surface area (Å²) < 4.78 is 0. The quantitative estimate of drug-likeness (QED) is 0.458. The molecule has 1 fully saturated rings. The lowest BCUT2D eigenvalue weighted by atomic mass is 10.1. The van der Waals surface area contributed by atoms with E-state index in [0.29, 0.717) is 5.56 Å². The molecule has 0 aromatic heterocycles. The largest absolute Gasteiger partial charge is 0.357 e. The molecule has 1 aliphatic rings. The SMILES string of the molecule is CCNC(=NCCN(C)C1CCCC1)NCCc1cccc(C(=O)NC)c1. The summed E-state index contributed by atoms with van der Waals surface area (Å²) in [4.78, 5) is 18.9. The van der Waals surface area contributed by atoms with Crippen LogP contribution in [0, 0.1) is 0 Å². The topological polar surface area (TPSA) is 68.8 Å². The maximum Gasteiger partial charge on any atom is 0.251 e. The lowest BCUT2D eigenvalue weighted by Gasteiger charge is -2.23. The van der Waals surface area contributed by atoms with Crippen molar-refractivity contribution >= 4 is 11.9 Å². The smallest absolute Gasteiger partial charge is 0.251 e. The maximum absolute atomic E-state index is 11.7. The van der Waals surface area contributed by atoms with Crippen LogP contribution in [0.5, 0.6) is 0 Å². The number of hydrogen-bond acceptors (Lipinski definition) is 3. The van der Waals surface area contributed by atoms with Gasteiger partial charge < -0.3 is 20.9 Å². The zero-order valence-electron chi connectivity index (χ0n) is 17.1. The molecule has 150 valence electrons. The third kappa shape index (κ3) is 7.21. The highest BCUT2D eigenvalue weighted by molar-refractivity contribution is 5.94. The predicted octanol–water partition coefficient (Wildman–Crippen LogP) is 2.02. The molecule has 1 aromatic rings. The van der Waals surface area contributed by atoms with Gasteiger partial charge in [0.25, 0.3) is 5.91 Å². The highest BCUT2D eigenvalue weighted by Crippen LogP contribution is 2.21. The molecule has 2 rings (SSSR count). The molecule has 0 saturated heterocycles. The number of benzene rings is 1. The summed E-state index contributed by atoms with van der Waals surface area (Å²) in [6.45, 7) is 5.50. The Morgan fingerprint density at radius 3 is 2.74 bits per heavy atom. The Morgan fingerprint density at radius 2 is 2.04 bits per heavy atom. The number of hydrogen-bond donors (Lipinski definition) is 3. The molecule has 0 radical (unpaired) electrons. The van der Waals surface area contributed by atoms with Gasteiger partial charge in [-0.15, -0.1) is 0 Å². The molecule has 6 nitrogen and oxygen atoms in total. The van der Waals surface area contributed by atoms with Crippen molar-refractivity contribution in [3.8, 4) is 0 Å². The van der Waals surface area contributed by atoms with Gasteiger partial charge >= 0.3 is 0 Å². The Balaban J connectivity index is 1.78. The highest BCUT2D eigenvalue weighted by Gasteiger charge is 2.18. The van der Waals surface area contributed by atoms with Gasteiger partial charge in [-0.05, 0) is 50.9 Å². The van der Waals surface area contributed by atoms with Crippen LogP contribution < -0.4 is 16.0 Å². The van der Waals surface area contributed by atoms with Gasteiger partial charge in [-0.3, -0.25) is 9.79 Å². The van der Waals surface area contributed by atoms with Crippen molar-refractivity contribution in [3.05, 3.63) is 35.4 Å². The fourth-order valence-corrected chi connectivity index (χ4v) is 3.53. The van der Waals surface area contributed by atoms with Gasteiger partial charge in [0.15, 0.2) is 5.96 Å². The zero-order valence-corrected chi connectivity index (χ0v) is 17.1. The number of aliphatic imine (C=N–C) groups is 1. The van der Waals surface area contributed by atoms with E-state index in [-0.39, 0.29) is 5.91 Å². The lowest BCUT2D eigenvalue weighted by molar-refractivity contribution is 0.0963. The van der Waals surface area contributed by atoms with E-state index in [0.717, 1.165) is 50.2 Å². The van der Waals surface area contributed by atoms with Crippen LogP contribution in [0.2, 0.25) is 0 Å². The van der Waals surface area contributed by atoms with Crippen molar-refractivity contribution < 1.29 is 4.79 Å². The molecule has 1 amide bonds. The van der Waals surface area contributed by atoms with E-state index in [9.17, 15) is 4.79 Å². The monoisotopic (exact) mass is 373 g/mol. The van der Waals surface area contributed by atoms with E-state index in [1.807, 2.05) is 18.2 Å². The molecule has 0 aliphatic heterocycles. The first kappa shape index (κ1) is 21.2. The number of nitrogens with one attached hydrogen (secondary N) is 3. The normalized spacial score (nSPS) is 15.2. The van der Waals surface area contributed by atoms with Crippen LogP contribution in [0.25, 0.3) is 0 Å². The second-order valence-electron chi connectivity index (χ2n) is 7.14. The summed E-state index contributed by atoms with van der Waals surface area (Å²) in [5.41, 5.74) is 1.84. The van der Waals surface area contributed by atoms with Crippen molar-refractivity contribution in [1.29, 1.82) is 0 Å². The summed E-state index contributed by atoms with van der Waals surface area (Å²) in [6.07, 6.45) is 6.23. The Labute approximate surface area is 163 Å². The molecule has 1 saturated carbocycles. The first-order valence-corrected chi connectivity index (χ1v) is 10.2. The average molecular weight is 374 g/mol.